The van der Waals surface area contributed by atoms with E-state index < -0.39 is 5.97 Å². The van der Waals surface area contributed by atoms with Gasteiger partial charge in [0.2, 0.25) is 5.91 Å². The van der Waals surface area contributed by atoms with Crippen molar-refractivity contribution in [3.63, 3.8) is 0 Å². The van der Waals surface area contributed by atoms with Crippen LogP contribution in [0.25, 0.3) is 0 Å². The number of carboxylic acid groups (broad SMARTS) is 1. The number of carbonyl (C=O) groups excluding carboxylic acids is 1. The third-order valence-corrected chi connectivity index (χ3v) is 3.64. The van der Waals surface area contributed by atoms with Crippen molar-refractivity contribution in [2.75, 3.05) is 5.32 Å². The van der Waals surface area contributed by atoms with Gasteiger partial charge < -0.3 is 10.4 Å². The smallest absolute Gasteiger partial charge is 0.335 e. The SMILES string of the molecule is CCCCCCCCC(=O)Nc1cc(Br)cc(C(=O)O)c1. The first kappa shape index (κ1) is 17.7. The van der Waals surface area contributed by atoms with Gasteiger partial charge in [0, 0.05) is 16.6 Å². The fraction of sp³-hybridized carbons (Fsp3) is 0.500. The number of halogens is 1. The average Bonchev–Trinajstić information content (AvgIpc) is 2.42. The van der Waals surface area contributed by atoms with E-state index in [0.717, 1.165) is 12.8 Å². The van der Waals surface area contributed by atoms with E-state index in [2.05, 4.69) is 28.2 Å². The van der Waals surface area contributed by atoms with Crippen LogP contribution in [-0.2, 0) is 4.79 Å². The summed E-state index contributed by atoms with van der Waals surface area (Å²) in [6, 6.07) is 4.67. The van der Waals surface area contributed by atoms with Crippen LogP contribution in [0.3, 0.4) is 0 Å². The highest BCUT2D eigenvalue weighted by molar-refractivity contribution is 9.10. The van der Waals surface area contributed by atoms with E-state index in [4.69, 9.17) is 5.11 Å². The van der Waals surface area contributed by atoms with Crippen molar-refractivity contribution < 1.29 is 14.7 Å². The van der Waals surface area contributed by atoms with Gasteiger partial charge in [-0.05, 0) is 24.6 Å². The molecule has 2 N–H and O–H groups in total. The Morgan fingerprint density at radius 1 is 1.10 bits per heavy atom. The van der Waals surface area contributed by atoms with Crippen molar-refractivity contribution in [3.05, 3.63) is 28.2 Å². The van der Waals surface area contributed by atoms with Gasteiger partial charge in [-0.1, -0.05) is 55.0 Å². The summed E-state index contributed by atoms with van der Waals surface area (Å²) in [5.41, 5.74) is 0.664. The van der Waals surface area contributed by atoms with Crippen molar-refractivity contribution in [1.29, 1.82) is 0 Å². The minimum Gasteiger partial charge on any atom is -0.478 e. The van der Waals surface area contributed by atoms with Crippen molar-refractivity contribution in [1.82, 2.24) is 0 Å². The molecule has 0 aliphatic heterocycles. The zero-order chi connectivity index (χ0) is 15.7. The summed E-state index contributed by atoms with van der Waals surface area (Å²) < 4.78 is 0.636. The number of carbonyl (C=O) groups is 2. The highest BCUT2D eigenvalue weighted by atomic mass is 79.9. The van der Waals surface area contributed by atoms with Crippen LogP contribution in [0.15, 0.2) is 22.7 Å². The van der Waals surface area contributed by atoms with E-state index >= 15 is 0 Å². The van der Waals surface area contributed by atoms with Crippen LogP contribution >= 0.6 is 15.9 Å². The van der Waals surface area contributed by atoms with Crippen molar-refractivity contribution in [3.8, 4) is 0 Å². The summed E-state index contributed by atoms with van der Waals surface area (Å²) in [7, 11) is 0. The fourth-order valence-electron chi connectivity index (χ4n) is 2.07. The van der Waals surface area contributed by atoms with Gasteiger partial charge in [0.05, 0.1) is 5.56 Å². The molecule has 0 bridgehead atoms. The minimum absolute atomic E-state index is 0.0695. The lowest BCUT2D eigenvalue weighted by atomic mass is 10.1. The third-order valence-electron chi connectivity index (χ3n) is 3.19. The molecule has 0 saturated heterocycles. The minimum atomic E-state index is -1.01. The Bertz CT molecular complexity index is 488. The lowest BCUT2D eigenvalue weighted by molar-refractivity contribution is -0.116. The number of unbranched alkanes of at least 4 members (excludes halogenated alkanes) is 5. The number of anilines is 1. The molecule has 4 nitrogen and oxygen atoms in total. The van der Waals surface area contributed by atoms with Crippen molar-refractivity contribution >= 4 is 33.5 Å². The van der Waals surface area contributed by atoms with Crippen LogP contribution in [0.2, 0.25) is 0 Å². The number of benzene rings is 1. The maximum atomic E-state index is 11.8. The zero-order valence-corrected chi connectivity index (χ0v) is 13.9. The van der Waals surface area contributed by atoms with Gasteiger partial charge in [-0.2, -0.15) is 0 Å². The molecule has 116 valence electrons. The summed E-state index contributed by atoms with van der Waals surface area (Å²) in [6.07, 6.45) is 7.27. The Labute approximate surface area is 134 Å². The molecule has 0 aromatic heterocycles. The topological polar surface area (TPSA) is 66.4 Å². The van der Waals surface area contributed by atoms with Crippen molar-refractivity contribution in [2.24, 2.45) is 0 Å². The van der Waals surface area contributed by atoms with E-state index in [1.54, 1.807) is 6.07 Å². The van der Waals surface area contributed by atoms with Crippen molar-refractivity contribution in [2.45, 2.75) is 51.9 Å². The van der Waals surface area contributed by atoms with Gasteiger partial charge in [-0.3, -0.25) is 4.79 Å². The molecule has 1 amide bonds. The van der Waals surface area contributed by atoms with Crippen LogP contribution in [-0.4, -0.2) is 17.0 Å². The molecule has 0 unspecified atom stereocenters. The second kappa shape index (κ2) is 9.55. The molecule has 1 aromatic rings. The van der Waals surface area contributed by atoms with Crippen LogP contribution in [0.5, 0.6) is 0 Å². The van der Waals surface area contributed by atoms with Gasteiger partial charge in [-0.25, -0.2) is 4.79 Å². The second-order valence-corrected chi connectivity index (χ2v) is 6.02. The van der Waals surface area contributed by atoms with Crippen LogP contribution < -0.4 is 5.32 Å². The quantitative estimate of drug-likeness (QED) is 0.623. The predicted octanol–water partition coefficient (Wildman–Crippen LogP) is 4.84. The number of nitrogens with one attached hydrogen (secondary N) is 1. The Morgan fingerprint density at radius 2 is 1.76 bits per heavy atom. The first-order chi connectivity index (χ1) is 10.0. The molecule has 21 heavy (non-hydrogen) atoms. The van der Waals surface area contributed by atoms with E-state index in [9.17, 15) is 9.59 Å². The maximum absolute atomic E-state index is 11.8. The van der Waals surface area contributed by atoms with E-state index in [0.29, 0.717) is 16.6 Å². The van der Waals surface area contributed by atoms with E-state index in [1.165, 1.54) is 37.8 Å². The third kappa shape index (κ3) is 7.27. The molecule has 1 rings (SSSR count). The molecule has 0 aliphatic carbocycles. The van der Waals surface area contributed by atoms with Crippen LogP contribution in [0, 0.1) is 0 Å². The molecule has 0 radical (unpaired) electrons. The number of rotatable bonds is 9. The Morgan fingerprint density at radius 3 is 2.43 bits per heavy atom. The van der Waals surface area contributed by atoms with Gasteiger partial charge in [0.15, 0.2) is 0 Å². The Kier molecular flexibility index (Phi) is 8.05. The van der Waals surface area contributed by atoms with Gasteiger partial charge in [0.25, 0.3) is 0 Å². The molecule has 0 fully saturated rings. The highest BCUT2D eigenvalue weighted by Crippen LogP contribution is 2.20. The molecule has 5 heteroatoms. The number of hydrogen-bond donors (Lipinski definition) is 2. The lowest BCUT2D eigenvalue weighted by Gasteiger charge is -2.07. The standard InChI is InChI=1S/C16H22BrNO3/c1-2-3-4-5-6-7-8-15(19)18-14-10-12(16(20)21)9-13(17)11-14/h9-11H,2-8H2,1H3,(H,18,19)(H,20,21). The summed E-state index contributed by atoms with van der Waals surface area (Å²) in [5.74, 6) is -1.08. The first-order valence-electron chi connectivity index (χ1n) is 7.36. The molecule has 1 aromatic carbocycles. The van der Waals surface area contributed by atoms with Gasteiger partial charge in [-0.15, -0.1) is 0 Å². The van der Waals surface area contributed by atoms with Gasteiger partial charge >= 0.3 is 5.97 Å². The number of aromatic carboxylic acids is 1. The summed E-state index contributed by atoms with van der Waals surface area (Å²) in [4.78, 5) is 22.8. The molecule has 0 aliphatic rings. The Hall–Kier alpha value is -1.36. The highest BCUT2D eigenvalue weighted by Gasteiger charge is 2.08. The molecular weight excluding hydrogens is 334 g/mol. The lowest BCUT2D eigenvalue weighted by Crippen LogP contribution is -2.11. The monoisotopic (exact) mass is 355 g/mol. The van der Waals surface area contributed by atoms with Crippen LogP contribution in [0.4, 0.5) is 5.69 Å². The largest absolute Gasteiger partial charge is 0.478 e. The number of hydrogen-bond acceptors (Lipinski definition) is 2. The average molecular weight is 356 g/mol. The first-order valence-corrected chi connectivity index (χ1v) is 8.16. The van der Waals surface area contributed by atoms with E-state index in [-0.39, 0.29) is 11.5 Å². The second-order valence-electron chi connectivity index (χ2n) is 5.10. The summed E-state index contributed by atoms with van der Waals surface area (Å²) in [6.45, 7) is 2.18. The molecule has 0 saturated carbocycles. The molecule has 0 spiro atoms. The molecule has 0 heterocycles. The normalized spacial score (nSPS) is 10.4. The number of amides is 1. The maximum Gasteiger partial charge on any atom is 0.335 e. The fourth-order valence-corrected chi connectivity index (χ4v) is 2.57. The molecular formula is C16H22BrNO3. The summed E-state index contributed by atoms with van der Waals surface area (Å²) in [5, 5.41) is 11.7. The summed E-state index contributed by atoms with van der Waals surface area (Å²) >= 11 is 3.24. The number of carboxylic acids is 1. The predicted molar refractivity (Wildman–Crippen MR) is 87.7 cm³/mol. The zero-order valence-electron chi connectivity index (χ0n) is 12.3. The molecule has 0 atom stereocenters. The Balaban J connectivity index is 2.39. The van der Waals surface area contributed by atoms with Gasteiger partial charge in [0.1, 0.15) is 0 Å². The van der Waals surface area contributed by atoms with E-state index in [1.807, 2.05) is 0 Å². The van der Waals surface area contributed by atoms with Crippen LogP contribution in [0.1, 0.15) is 62.2 Å².